The van der Waals surface area contributed by atoms with E-state index in [2.05, 4.69) is 26.5 Å². The van der Waals surface area contributed by atoms with E-state index >= 15 is 0 Å². The average molecular weight is 538 g/mol. The highest BCUT2D eigenvalue weighted by Crippen LogP contribution is 2.28. The highest BCUT2D eigenvalue weighted by molar-refractivity contribution is 9.10. The summed E-state index contributed by atoms with van der Waals surface area (Å²) in [6.45, 7) is 2.05. The van der Waals surface area contributed by atoms with E-state index in [4.69, 9.17) is 21.1 Å². The summed E-state index contributed by atoms with van der Waals surface area (Å²) >= 11 is 9.46. The van der Waals surface area contributed by atoms with E-state index in [0.717, 1.165) is 26.4 Å². The van der Waals surface area contributed by atoms with Crippen LogP contribution in [0.3, 0.4) is 0 Å². The second kappa shape index (κ2) is 11.2. The Balaban J connectivity index is 1.50. The summed E-state index contributed by atoms with van der Waals surface area (Å²) in [7, 11) is 0. The molecule has 0 bridgehead atoms. The molecule has 0 saturated heterocycles. The molecule has 1 unspecified atom stereocenters. The number of nitrogens with one attached hydrogen (secondary N) is 1. The normalized spacial score (nSPS) is 12.0. The molecule has 0 fully saturated rings. The molecule has 5 nitrogen and oxygen atoms in total. The summed E-state index contributed by atoms with van der Waals surface area (Å²) in [5, 5.41) is 6.73. The van der Waals surface area contributed by atoms with Crippen molar-refractivity contribution in [3.05, 3.63) is 106 Å². The SMILES string of the molecule is CC(Oc1cccc(Cl)c1)C(=O)N/N=C/c1c(OCc2cccc(Br)c2)ccc2ccccc12. The van der Waals surface area contributed by atoms with Crippen molar-refractivity contribution >= 4 is 50.4 Å². The number of amides is 1. The molecule has 0 saturated carbocycles. The van der Waals surface area contributed by atoms with E-state index in [1.54, 1.807) is 37.4 Å². The van der Waals surface area contributed by atoms with Gasteiger partial charge in [0.1, 0.15) is 18.1 Å². The van der Waals surface area contributed by atoms with Crippen LogP contribution < -0.4 is 14.9 Å². The maximum Gasteiger partial charge on any atom is 0.280 e. The van der Waals surface area contributed by atoms with Gasteiger partial charge in [-0.05, 0) is 59.7 Å². The minimum absolute atomic E-state index is 0.381. The van der Waals surface area contributed by atoms with Crippen LogP contribution in [0.1, 0.15) is 18.1 Å². The number of halogens is 2. The number of nitrogens with zero attached hydrogens (tertiary/aromatic N) is 1. The number of carbonyl (C=O) groups excluding carboxylic acids is 1. The molecule has 0 aliphatic rings. The Morgan fingerprint density at radius 1 is 1.06 bits per heavy atom. The molecular formula is C27H22BrClN2O3. The summed E-state index contributed by atoms with van der Waals surface area (Å²) in [6.07, 6.45) is 0.846. The highest BCUT2D eigenvalue weighted by atomic mass is 79.9. The van der Waals surface area contributed by atoms with Crippen LogP contribution in [0.25, 0.3) is 10.8 Å². The first kappa shape index (κ1) is 23.8. The number of fused-ring (bicyclic) bond motifs is 1. The van der Waals surface area contributed by atoms with Crippen molar-refractivity contribution in [1.82, 2.24) is 5.43 Å². The Morgan fingerprint density at radius 2 is 1.88 bits per heavy atom. The number of hydrazone groups is 1. The first-order chi connectivity index (χ1) is 16.5. The zero-order chi connectivity index (χ0) is 23.9. The topological polar surface area (TPSA) is 59.9 Å². The Labute approximate surface area is 211 Å². The van der Waals surface area contributed by atoms with Crippen molar-refractivity contribution < 1.29 is 14.3 Å². The molecule has 0 radical (unpaired) electrons. The van der Waals surface area contributed by atoms with Crippen molar-refractivity contribution in [2.45, 2.75) is 19.6 Å². The van der Waals surface area contributed by atoms with Crippen LogP contribution in [0.15, 0.2) is 94.5 Å². The zero-order valence-electron chi connectivity index (χ0n) is 18.4. The van der Waals surface area contributed by atoms with Gasteiger partial charge in [0.15, 0.2) is 6.10 Å². The third-order valence-electron chi connectivity index (χ3n) is 5.06. The maximum absolute atomic E-state index is 12.5. The molecule has 34 heavy (non-hydrogen) atoms. The fourth-order valence-corrected chi connectivity index (χ4v) is 4.00. The van der Waals surface area contributed by atoms with Gasteiger partial charge in [0.05, 0.1) is 6.21 Å². The third kappa shape index (κ3) is 6.16. The minimum Gasteiger partial charge on any atom is -0.488 e. The molecule has 0 spiro atoms. The van der Waals surface area contributed by atoms with Crippen molar-refractivity contribution in [1.29, 1.82) is 0 Å². The average Bonchev–Trinajstić information content (AvgIpc) is 2.83. The van der Waals surface area contributed by atoms with Crippen LogP contribution in [0.2, 0.25) is 5.02 Å². The molecule has 1 N–H and O–H groups in total. The lowest BCUT2D eigenvalue weighted by atomic mass is 10.0. The zero-order valence-corrected chi connectivity index (χ0v) is 20.7. The van der Waals surface area contributed by atoms with Gasteiger partial charge in [-0.3, -0.25) is 4.79 Å². The fraction of sp³-hybridized carbons (Fsp3) is 0.111. The molecule has 172 valence electrons. The summed E-state index contributed by atoms with van der Waals surface area (Å²) in [4.78, 5) is 12.5. The molecule has 4 aromatic carbocycles. The van der Waals surface area contributed by atoms with E-state index < -0.39 is 6.10 Å². The monoisotopic (exact) mass is 536 g/mol. The molecule has 7 heteroatoms. The van der Waals surface area contributed by atoms with Crippen LogP contribution >= 0.6 is 27.5 Å². The van der Waals surface area contributed by atoms with Gasteiger partial charge >= 0.3 is 0 Å². The van der Waals surface area contributed by atoms with Crippen LogP contribution in [-0.2, 0) is 11.4 Å². The molecule has 0 aromatic heterocycles. The molecule has 0 aliphatic carbocycles. The summed E-state index contributed by atoms with van der Waals surface area (Å²) in [5.41, 5.74) is 4.36. The number of ether oxygens (including phenoxy) is 2. The second-order valence-corrected chi connectivity index (χ2v) is 8.92. The van der Waals surface area contributed by atoms with Gasteiger partial charge in [-0.25, -0.2) is 5.43 Å². The van der Waals surface area contributed by atoms with Gasteiger partial charge in [-0.1, -0.05) is 76.1 Å². The van der Waals surface area contributed by atoms with Crippen LogP contribution in [0.5, 0.6) is 11.5 Å². The highest BCUT2D eigenvalue weighted by Gasteiger charge is 2.14. The lowest BCUT2D eigenvalue weighted by Crippen LogP contribution is -2.33. The quantitative estimate of drug-likeness (QED) is 0.200. The van der Waals surface area contributed by atoms with E-state index in [0.29, 0.717) is 23.1 Å². The van der Waals surface area contributed by atoms with Crippen LogP contribution in [0.4, 0.5) is 0 Å². The Bertz CT molecular complexity index is 1340. The van der Waals surface area contributed by atoms with Gasteiger partial charge in [0.2, 0.25) is 0 Å². The van der Waals surface area contributed by atoms with Crippen molar-refractivity contribution in [3.8, 4) is 11.5 Å². The van der Waals surface area contributed by atoms with Crippen molar-refractivity contribution in [2.75, 3.05) is 0 Å². The smallest absolute Gasteiger partial charge is 0.280 e. The standard InChI is InChI=1S/C27H22BrClN2O3/c1-18(34-23-10-5-9-22(29)15-23)27(32)31-30-16-25-24-11-3-2-7-20(24)12-13-26(25)33-17-19-6-4-8-21(28)14-19/h2-16,18H,17H2,1H3,(H,31,32)/b30-16+. The Kier molecular flexibility index (Phi) is 7.83. The lowest BCUT2D eigenvalue weighted by molar-refractivity contribution is -0.127. The molecule has 4 rings (SSSR count). The first-order valence-electron chi connectivity index (χ1n) is 10.6. The number of hydrogen-bond acceptors (Lipinski definition) is 4. The van der Waals surface area contributed by atoms with E-state index in [9.17, 15) is 4.79 Å². The van der Waals surface area contributed by atoms with E-state index in [1.165, 1.54) is 0 Å². The predicted molar refractivity (Wildman–Crippen MR) is 140 cm³/mol. The summed E-state index contributed by atoms with van der Waals surface area (Å²) in [5.74, 6) is 0.796. The van der Waals surface area contributed by atoms with Gasteiger partial charge in [0, 0.05) is 15.1 Å². The number of rotatable bonds is 8. The first-order valence-corrected chi connectivity index (χ1v) is 11.8. The molecule has 1 amide bonds. The molecule has 0 heterocycles. The Morgan fingerprint density at radius 3 is 2.71 bits per heavy atom. The van der Waals surface area contributed by atoms with Crippen LogP contribution in [0, 0.1) is 0 Å². The van der Waals surface area contributed by atoms with E-state index in [-0.39, 0.29) is 5.91 Å². The summed E-state index contributed by atoms with van der Waals surface area (Å²) in [6, 6.07) is 26.7. The van der Waals surface area contributed by atoms with Gasteiger partial charge < -0.3 is 9.47 Å². The van der Waals surface area contributed by atoms with Gasteiger partial charge in [-0.2, -0.15) is 5.10 Å². The molecular weight excluding hydrogens is 516 g/mol. The molecule has 1 atom stereocenters. The third-order valence-corrected chi connectivity index (χ3v) is 5.79. The van der Waals surface area contributed by atoms with Crippen molar-refractivity contribution in [2.24, 2.45) is 5.10 Å². The second-order valence-electron chi connectivity index (χ2n) is 7.57. The van der Waals surface area contributed by atoms with Crippen molar-refractivity contribution in [3.63, 3.8) is 0 Å². The maximum atomic E-state index is 12.5. The number of hydrogen-bond donors (Lipinski definition) is 1. The van der Waals surface area contributed by atoms with Gasteiger partial charge in [0.25, 0.3) is 5.91 Å². The number of carbonyl (C=O) groups is 1. The Hall–Kier alpha value is -3.35. The fourth-order valence-electron chi connectivity index (χ4n) is 3.37. The van der Waals surface area contributed by atoms with Gasteiger partial charge in [-0.15, -0.1) is 0 Å². The molecule has 4 aromatic rings. The lowest BCUT2D eigenvalue weighted by Gasteiger charge is -2.14. The largest absolute Gasteiger partial charge is 0.488 e. The summed E-state index contributed by atoms with van der Waals surface area (Å²) < 4.78 is 12.8. The van der Waals surface area contributed by atoms with E-state index in [1.807, 2.05) is 60.7 Å². The molecule has 0 aliphatic heterocycles. The van der Waals surface area contributed by atoms with Crippen LogP contribution in [-0.4, -0.2) is 18.2 Å². The predicted octanol–water partition coefficient (Wildman–Crippen LogP) is 6.75. The minimum atomic E-state index is -0.754. The number of benzene rings is 4.